The van der Waals surface area contributed by atoms with Crippen molar-refractivity contribution in [1.82, 2.24) is 0 Å². The van der Waals surface area contributed by atoms with Gasteiger partial charge in [-0.05, 0) is 0 Å². The molecule has 1 aromatic rings. The van der Waals surface area contributed by atoms with Crippen LogP contribution in [0.3, 0.4) is 0 Å². The van der Waals surface area contributed by atoms with Crippen LogP contribution in [0.15, 0.2) is 16.6 Å². The van der Waals surface area contributed by atoms with Gasteiger partial charge in [0.15, 0.2) is 0 Å². The van der Waals surface area contributed by atoms with Gasteiger partial charge in [-0.2, -0.15) is 0 Å². The van der Waals surface area contributed by atoms with Crippen molar-refractivity contribution in [3.8, 4) is 9.86 Å². The van der Waals surface area contributed by atoms with E-state index in [0.717, 1.165) is 10.0 Å². The average Bonchev–Trinajstić information content (AvgIpc) is 2.36. The first kappa shape index (κ1) is 20.0. The zero-order valence-corrected chi connectivity index (χ0v) is 18.5. The van der Waals surface area contributed by atoms with Crippen molar-refractivity contribution in [2.75, 3.05) is 7.11 Å². The molecule has 0 saturated carbocycles. The Kier molecular flexibility index (Phi) is 9.13. The van der Waals surface area contributed by atoms with Crippen molar-refractivity contribution in [3.63, 3.8) is 0 Å². The molecule has 0 amide bonds. The number of benzene rings is 1. The van der Waals surface area contributed by atoms with Gasteiger partial charge in [-0.1, -0.05) is 13.8 Å². The molecule has 1 nitrogen and oxygen atoms in total. The Bertz CT molecular complexity index is 492. The summed E-state index contributed by atoms with van der Waals surface area (Å²) >= 11 is 1.58. The predicted octanol–water partition coefficient (Wildman–Crippen LogP) is 5.66. The van der Waals surface area contributed by atoms with Gasteiger partial charge < -0.3 is 0 Å². The number of hydrogen-bond acceptors (Lipinski definition) is 1. The number of ether oxygens (including phenoxy) is 1. The van der Waals surface area contributed by atoms with Crippen molar-refractivity contribution in [3.05, 3.63) is 33.3 Å². The fourth-order valence-electron chi connectivity index (χ4n) is 1.72. The molecule has 112 valence electrons. The van der Waals surface area contributed by atoms with Gasteiger partial charge in [0, 0.05) is 0 Å². The van der Waals surface area contributed by atoms with Gasteiger partial charge in [0.1, 0.15) is 0 Å². The van der Waals surface area contributed by atoms with Crippen molar-refractivity contribution in [1.29, 1.82) is 0 Å². The summed E-state index contributed by atoms with van der Waals surface area (Å²) in [4.78, 5) is 6.93. The van der Waals surface area contributed by atoms with Crippen molar-refractivity contribution in [2.45, 2.75) is 48.6 Å². The molecule has 0 radical (unpaired) electrons. The summed E-state index contributed by atoms with van der Waals surface area (Å²) in [6, 6.07) is 4.31. The number of rotatable bonds is 2. The van der Waals surface area contributed by atoms with Crippen LogP contribution in [0.25, 0.3) is 0 Å². The van der Waals surface area contributed by atoms with Gasteiger partial charge in [-0.3, -0.25) is 0 Å². The average molecular weight is 446 g/mol. The predicted molar refractivity (Wildman–Crippen MR) is 95.8 cm³/mol. The molecule has 0 N–H and O–H groups in total. The first-order chi connectivity index (χ1) is 9.24. The third-order valence-corrected chi connectivity index (χ3v) is 6.16. The quantitative estimate of drug-likeness (QED) is 0.421. The molecule has 0 aromatic heterocycles. The molecule has 1 aromatic carbocycles. The molecular weight excluding hydrogens is 419 g/mol. The molecule has 0 bridgehead atoms. The maximum absolute atomic E-state index is 5.55. The molecule has 0 spiro atoms. The normalized spacial score (nSPS) is 11.8. The molecule has 0 aliphatic carbocycles. The van der Waals surface area contributed by atoms with Gasteiger partial charge in [-0.15, -0.1) is 0 Å². The SMILES string of the molecule is CC.COC(C#[C][Sn]([CH3])([CH3])[CH3])c1cc(C)cc(C)c1Br. The van der Waals surface area contributed by atoms with E-state index in [1.54, 1.807) is 7.11 Å². The van der Waals surface area contributed by atoms with Crippen LogP contribution >= 0.6 is 15.9 Å². The molecule has 3 heteroatoms. The Morgan fingerprint density at radius 3 is 2.15 bits per heavy atom. The van der Waals surface area contributed by atoms with Gasteiger partial charge in [0.2, 0.25) is 0 Å². The molecule has 0 aliphatic rings. The van der Waals surface area contributed by atoms with Crippen LogP contribution in [-0.4, -0.2) is 25.5 Å². The Morgan fingerprint density at radius 2 is 1.70 bits per heavy atom. The van der Waals surface area contributed by atoms with Crippen LogP contribution in [0.2, 0.25) is 14.8 Å². The van der Waals surface area contributed by atoms with E-state index in [-0.39, 0.29) is 6.10 Å². The van der Waals surface area contributed by atoms with Crippen LogP contribution in [0.1, 0.15) is 36.6 Å². The van der Waals surface area contributed by atoms with Crippen LogP contribution in [0.5, 0.6) is 0 Å². The zero-order chi connectivity index (χ0) is 15.9. The Morgan fingerprint density at radius 1 is 1.15 bits per heavy atom. The summed E-state index contributed by atoms with van der Waals surface area (Å²) in [6.45, 7) is 8.20. The Balaban J connectivity index is 0.00000172. The molecule has 20 heavy (non-hydrogen) atoms. The van der Waals surface area contributed by atoms with E-state index in [4.69, 9.17) is 4.74 Å². The fraction of sp³-hybridized carbons (Fsp3) is 0.529. The van der Waals surface area contributed by atoms with Crippen molar-refractivity contribution < 1.29 is 4.74 Å². The second-order valence-electron chi connectivity index (χ2n) is 5.62. The number of halogens is 1. The molecular formula is C17H27BrOSn. The molecule has 0 aliphatic heterocycles. The molecule has 0 fully saturated rings. The topological polar surface area (TPSA) is 9.23 Å². The van der Waals surface area contributed by atoms with E-state index in [2.05, 4.69) is 66.6 Å². The van der Waals surface area contributed by atoms with E-state index in [0.29, 0.717) is 0 Å². The first-order valence-corrected chi connectivity index (χ1v) is 17.8. The van der Waals surface area contributed by atoms with Crippen molar-refractivity contribution in [2.24, 2.45) is 0 Å². The standard InChI is InChI=1S/C12H12BrO.C2H6.3CH3.Sn/c1-5-11(14-4)10-7-8(2)6-9(3)12(10)13;1-2;;;;/h6-7,11H,2-4H3;1-2H3;3*1H3;. The molecule has 0 saturated heterocycles. The second-order valence-corrected chi connectivity index (χ2v) is 20.0. The summed E-state index contributed by atoms with van der Waals surface area (Å²) < 4.78 is 10.1. The van der Waals surface area contributed by atoms with E-state index >= 15 is 0 Å². The van der Waals surface area contributed by atoms with Crippen molar-refractivity contribution >= 4 is 34.3 Å². The first-order valence-electron chi connectivity index (χ1n) is 7.06. The summed E-state index contributed by atoms with van der Waals surface area (Å²) in [5.74, 6) is 3.31. The van der Waals surface area contributed by atoms with E-state index < -0.39 is 18.4 Å². The van der Waals surface area contributed by atoms with Gasteiger partial charge in [0.05, 0.1) is 0 Å². The number of hydrogen-bond donors (Lipinski definition) is 0. The molecule has 0 heterocycles. The van der Waals surface area contributed by atoms with Crippen LogP contribution < -0.4 is 0 Å². The number of aryl methyl sites for hydroxylation is 2. The maximum atomic E-state index is 5.55. The summed E-state index contributed by atoms with van der Waals surface area (Å²) in [7, 11) is 1.72. The minimum absolute atomic E-state index is 0.131. The van der Waals surface area contributed by atoms with Crippen LogP contribution in [0, 0.1) is 23.7 Å². The Hall–Kier alpha value is 0.0187. The molecule has 1 rings (SSSR count). The van der Waals surface area contributed by atoms with Crippen LogP contribution in [0.4, 0.5) is 0 Å². The third-order valence-electron chi connectivity index (χ3n) is 2.52. The third kappa shape index (κ3) is 6.65. The fourth-order valence-corrected chi connectivity index (χ4v) is 3.77. The van der Waals surface area contributed by atoms with Gasteiger partial charge >= 0.3 is 124 Å². The van der Waals surface area contributed by atoms with Crippen LogP contribution in [-0.2, 0) is 4.74 Å². The molecule has 1 unspecified atom stereocenters. The van der Waals surface area contributed by atoms with Gasteiger partial charge in [-0.25, -0.2) is 0 Å². The Labute approximate surface area is 137 Å². The minimum atomic E-state index is -2.07. The van der Waals surface area contributed by atoms with E-state index in [1.165, 1.54) is 11.1 Å². The zero-order valence-electron chi connectivity index (χ0n) is 14.0. The summed E-state index contributed by atoms with van der Waals surface area (Å²) in [5, 5.41) is 0. The molecule has 1 atom stereocenters. The summed E-state index contributed by atoms with van der Waals surface area (Å²) in [6.07, 6.45) is -0.131. The van der Waals surface area contributed by atoms with E-state index in [1.807, 2.05) is 13.8 Å². The summed E-state index contributed by atoms with van der Waals surface area (Å²) in [5.41, 5.74) is 3.61. The van der Waals surface area contributed by atoms with Gasteiger partial charge in [0.25, 0.3) is 0 Å². The number of methoxy groups -OCH3 is 1. The monoisotopic (exact) mass is 446 g/mol. The second kappa shape index (κ2) is 9.12. The van der Waals surface area contributed by atoms with E-state index in [9.17, 15) is 0 Å².